The topological polar surface area (TPSA) is 70.8 Å². The first-order valence-corrected chi connectivity index (χ1v) is 10.4. The Hall–Kier alpha value is -4.03. The summed E-state index contributed by atoms with van der Waals surface area (Å²) in [6.45, 7) is 0. The molecule has 5 aromatic rings. The Labute approximate surface area is 198 Å². The van der Waals surface area contributed by atoms with Crippen molar-refractivity contribution in [1.82, 2.24) is 4.98 Å². The van der Waals surface area contributed by atoms with Crippen LogP contribution in [0.15, 0.2) is 101 Å². The van der Waals surface area contributed by atoms with E-state index in [0.717, 1.165) is 44.8 Å². The molecule has 6 nitrogen and oxygen atoms in total. The summed E-state index contributed by atoms with van der Waals surface area (Å²) in [5, 5.41) is 8.95. The molecule has 0 fully saturated rings. The van der Waals surface area contributed by atoms with Gasteiger partial charge in [0.05, 0.1) is 11.4 Å². The number of benzene rings is 4. The summed E-state index contributed by atoms with van der Waals surface area (Å²) in [6, 6.07) is 29.9. The molecule has 2 N–H and O–H groups in total. The fourth-order valence-electron chi connectivity index (χ4n) is 3.73. The van der Waals surface area contributed by atoms with Crippen LogP contribution in [-0.2, 0) is 0 Å². The molecule has 4 aromatic carbocycles. The van der Waals surface area contributed by atoms with E-state index in [-0.39, 0.29) is 12.4 Å². The Morgan fingerprint density at radius 1 is 0.727 bits per heavy atom. The number of hydrogen-bond acceptors (Lipinski definition) is 5. The van der Waals surface area contributed by atoms with Crippen LogP contribution in [0.4, 0.5) is 22.7 Å². The second kappa shape index (κ2) is 9.22. The van der Waals surface area contributed by atoms with E-state index in [1.54, 1.807) is 0 Å². The van der Waals surface area contributed by atoms with Crippen LogP contribution in [0.1, 0.15) is 0 Å². The number of hydrogen-bond donors (Lipinski definition) is 1. The molecule has 5 rings (SSSR count). The van der Waals surface area contributed by atoms with Crippen LogP contribution in [0.2, 0.25) is 0 Å². The van der Waals surface area contributed by atoms with Crippen LogP contribution in [0, 0.1) is 0 Å². The van der Waals surface area contributed by atoms with Gasteiger partial charge in [-0.1, -0.05) is 24.3 Å². The van der Waals surface area contributed by atoms with Gasteiger partial charge in [-0.3, -0.25) is 0 Å². The van der Waals surface area contributed by atoms with Gasteiger partial charge in [0, 0.05) is 49.7 Å². The molecule has 0 radical (unpaired) electrons. The minimum atomic E-state index is 0. The number of halogens is 1. The number of anilines is 2. The minimum Gasteiger partial charge on any atom is -1.00 e. The number of nitrogen functional groups attached to an aromatic ring is 1. The SMILES string of the molecule is CN(C)c1cccc(N=Nc2ccc3nc4ccc(N)cc4[n+](-c4ccccc4)c3c2)c1.[Cl-]. The molecule has 0 spiro atoms. The Balaban J connectivity index is 0.00000259. The van der Waals surface area contributed by atoms with Gasteiger partial charge in [-0.25, -0.2) is 4.98 Å². The lowest BCUT2D eigenvalue weighted by Gasteiger charge is -2.11. The third-order valence-corrected chi connectivity index (χ3v) is 5.32. The number of para-hydroxylation sites is 1. The summed E-state index contributed by atoms with van der Waals surface area (Å²) in [6.07, 6.45) is 0. The first kappa shape index (κ1) is 22.2. The molecule has 0 unspecified atom stereocenters. The van der Waals surface area contributed by atoms with Gasteiger partial charge in [0.25, 0.3) is 0 Å². The van der Waals surface area contributed by atoms with Gasteiger partial charge in [-0.2, -0.15) is 10.2 Å². The lowest BCUT2D eigenvalue weighted by molar-refractivity contribution is -0.538. The third kappa shape index (κ3) is 4.47. The van der Waals surface area contributed by atoms with Gasteiger partial charge in [-0.15, -0.1) is 4.57 Å². The molecule has 1 heterocycles. The number of nitrogens with zero attached hydrogens (tertiary/aromatic N) is 5. The zero-order valence-corrected chi connectivity index (χ0v) is 19.1. The van der Waals surface area contributed by atoms with Crippen molar-refractivity contribution in [2.45, 2.75) is 0 Å². The first-order chi connectivity index (χ1) is 15.6. The minimum absolute atomic E-state index is 0. The van der Waals surface area contributed by atoms with E-state index < -0.39 is 0 Å². The van der Waals surface area contributed by atoms with E-state index in [1.807, 2.05) is 97.9 Å². The third-order valence-electron chi connectivity index (χ3n) is 5.32. The van der Waals surface area contributed by atoms with Gasteiger partial charge in [0.15, 0.2) is 0 Å². The number of fused-ring (bicyclic) bond motifs is 2. The average Bonchev–Trinajstić information content (AvgIpc) is 2.82. The zero-order chi connectivity index (χ0) is 22.1. The Kier molecular flexibility index (Phi) is 6.20. The van der Waals surface area contributed by atoms with Crippen LogP contribution in [-0.4, -0.2) is 19.1 Å². The Bertz CT molecular complexity index is 1460. The summed E-state index contributed by atoms with van der Waals surface area (Å²) in [4.78, 5) is 6.88. The van der Waals surface area contributed by atoms with Crippen LogP contribution < -0.4 is 27.6 Å². The van der Waals surface area contributed by atoms with Crippen LogP contribution in [0.5, 0.6) is 0 Å². The Morgan fingerprint density at radius 3 is 2.12 bits per heavy atom. The van der Waals surface area contributed by atoms with Crippen LogP contribution >= 0.6 is 0 Å². The monoisotopic (exact) mass is 454 g/mol. The van der Waals surface area contributed by atoms with Crippen LogP contribution in [0.3, 0.4) is 0 Å². The van der Waals surface area contributed by atoms with Crippen molar-refractivity contribution < 1.29 is 17.0 Å². The maximum absolute atomic E-state index is 6.11. The molecule has 0 aliphatic rings. The predicted molar refractivity (Wildman–Crippen MR) is 130 cm³/mol. The van der Waals surface area contributed by atoms with Crippen molar-refractivity contribution in [2.24, 2.45) is 10.2 Å². The van der Waals surface area contributed by atoms with Crippen molar-refractivity contribution in [3.05, 3.63) is 91.0 Å². The van der Waals surface area contributed by atoms with Gasteiger partial charge >= 0.3 is 0 Å². The molecule has 0 bridgehead atoms. The number of aromatic nitrogens is 2. The highest BCUT2D eigenvalue weighted by atomic mass is 35.5. The molecule has 0 saturated carbocycles. The summed E-state index contributed by atoms with van der Waals surface area (Å²) in [5.74, 6) is 0. The fraction of sp³-hybridized carbons (Fsp3) is 0.0769. The normalized spacial score (nSPS) is 11.1. The number of rotatable bonds is 4. The molecule has 0 aliphatic carbocycles. The van der Waals surface area contributed by atoms with Gasteiger partial charge in [0.1, 0.15) is 11.0 Å². The number of azo groups is 1. The van der Waals surface area contributed by atoms with E-state index in [0.29, 0.717) is 5.69 Å². The van der Waals surface area contributed by atoms with Gasteiger partial charge in [0.2, 0.25) is 16.7 Å². The molecular formula is C26H23ClN6. The second-order valence-electron chi connectivity index (χ2n) is 7.82. The number of nitrogens with two attached hydrogens (primary N) is 1. The Morgan fingerprint density at radius 2 is 1.39 bits per heavy atom. The second-order valence-corrected chi connectivity index (χ2v) is 7.82. The van der Waals surface area contributed by atoms with Crippen LogP contribution in [0.25, 0.3) is 27.8 Å². The summed E-state index contributed by atoms with van der Waals surface area (Å²) in [7, 11) is 4.01. The average molecular weight is 455 g/mol. The molecule has 164 valence electrons. The highest BCUT2D eigenvalue weighted by molar-refractivity contribution is 5.85. The largest absolute Gasteiger partial charge is 1.00 e. The highest BCUT2D eigenvalue weighted by Crippen LogP contribution is 2.26. The van der Waals surface area contributed by atoms with Crippen molar-refractivity contribution >= 4 is 44.8 Å². The molecule has 1 aromatic heterocycles. The van der Waals surface area contributed by atoms with E-state index in [9.17, 15) is 0 Å². The molecule has 33 heavy (non-hydrogen) atoms. The lowest BCUT2D eigenvalue weighted by Crippen LogP contribution is -3.00. The molecule has 0 amide bonds. The summed E-state index contributed by atoms with van der Waals surface area (Å²) in [5.41, 5.74) is 14.1. The van der Waals surface area contributed by atoms with Crippen molar-refractivity contribution in [2.75, 3.05) is 24.7 Å². The van der Waals surface area contributed by atoms with E-state index >= 15 is 0 Å². The van der Waals surface area contributed by atoms with Crippen molar-refractivity contribution in [1.29, 1.82) is 0 Å². The fourth-order valence-corrected chi connectivity index (χ4v) is 3.73. The lowest BCUT2D eigenvalue weighted by atomic mass is 10.2. The summed E-state index contributed by atoms with van der Waals surface area (Å²) < 4.78 is 2.17. The summed E-state index contributed by atoms with van der Waals surface area (Å²) >= 11 is 0. The molecule has 7 heteroatoms. The van der Waals surface area contributed by atoms with Crippen molar-refractivity contribution in [3.8, 4) is 5.69 Å². The van der Waals surface area contributed by atoms with E-state index in [2.05, 4.69) is 26.9 Å². The maximum atomic E-state index is 6.11. The maximum Gasteiger partial charge on any atom is 0.239 e. The zero-order valence-electron chi connectivity index (χ0n) is 18.4. The highest BCUT2D eigenvalue weighted by Gasteiger charge is 2.20. The molecule has 0 aliphatic heterocycles. The standard InChI is InChI=1S/C26H22N6.ClH/c1-31(2)22-10-6-7-19(16-22)29-30-20-12-14-24-26(17-20)32(21-8-4-3-5-9-21)25-15-18(27)11-13-23(25)28-24;/h3-17,27H,1-2H3;1H. The molecule has 0 saturated heterocycles. The quantitative estimate of drug-likeness (QED) is 0.196. The van der Waals surface area contributed by atoms with E-state index in [4.69, 9.17) is 10.7 Å². The molecule has 0 atom stereocenters. The molecular weight excluding hydrogens is 432 g/mol. The van der Waals surface area contributed by atoms with E-state index in [1.165, 1.54) is 0 Å². The van der Waals surface area contributed by atoms with Gasteiger partial charge < -0.3 is 23.0 Å². The smallest absolute Gasteiger partial charge is 0.239 e. The predicted octanol–water partition coefficient (Wildman–Crippen LogP) is 2.73. The van der Waals surface area contributed by atoms with Crippen molar-refractivity contribution in [3.63, 3.8) is 0 Å². The van der Waals surface area contributed by atoms with Gasteiger partial charge in [-0.05, 0) is 42.5 Å². The first-order valence-electron chi connectivity index (χ1n) is 10.4.